The van der Waals surface area contributed by atoms with Gasteiger partial charge >= 0.3 is 0 Å². The molecule has 0 aliphatic carbocycles. The van der Waals surface area contributed by atoms with E-state index in [9.17, 15) is 9.59 Å². The number of rotatable bonds is 2. The summed E-state index contributed by atoms with van der Waals surface area (Å²) in [5, 5.41) is 3.39. The molecule has 0 aromatic heterocycles. The summed E-state index contributed by atoms with van der Waals surface area (Å²) in [5.74, 6) is 1.47. The summed E-state index contributed by atoms with van der Waals surface area (Å²) in [6.45, 7) is 4.51. The first-order valence-corrected chi connectivity index (χ1v) is 8.13. The molecule has 3 fully saturated rings. The van der Waals surface area contributed by atoms with E-state index in [-0.39, 0.29) is 11.8 Å². The van der Waals surface area contributed by atoms with Gasteiger partial charge in [0.05, 0.1) is 0 Å². The molecule has 3 heterocycles. The van der Waals surface area contributed by atoms with Crippen molar-refractivity contribution < 1.29 is 9.59 Å². The lowest BCUT2D eigenvalue weighted by Crippen LogP contribution is -2.32. The van der Waals surface area contributed by atoms with Gasteiger partial charge in [-0.15, -0.1) is 0 Å². The van der Waals surface area contributed by atoms with Crippen LogP contribution in [0, 0.1) is 11.8 Å². The molecule has 22 heavy (non-hydrogen) atoms. The third-order valence-corrected chi connectivity index (χ3v) is 5.15. The minimum absolute atomic E-state index is 0.0999. The molecule has 5 nitrogen and oxygen atoms in total. The van der Waals surface area contributed by atoms with Gasteiger partial charge in [0.2, 0.25) is 5.91 Å². The molecule has 5 heteroatoms. The molecule has 3 aliphatic rings. The highest BCUT2D eigenvalue weighted by atomic mass is 16.2. The second-order valence-corrected chi connectivity index (χ2v) is 6.59. The lowest BCUT2D eigenvalue weighted by molar-refractivity contribution is -0.117. The first kappa shape index (κ1) is 13.8. The predicted molar refractivity (Wildman–Crippen MR) is 83.8 cm³/mol. The van der Waals surface area contributed by atoms with Crippen LogP contribution in [-0.4, -0.2) is 49.4 Å². The molecule has 3 saturated heterocycles. The summed E-state index contributed by atoms with van der Waals surface area (Å²) in [5.41, 5.74) is 1.56. The summed E-state index contributed by atoms with van der Waals surface area (Å²) in [6, 6.07) is 7.53. The molecule has 0 radical (unpaired) electrons. The summed E-state index contributed by atoms with van der Waals surface area (Å²) >= 11 is 0. The zero-order valence-electron chi connectivity index (χ0n) is 12.6. The number of carbonyl (C=O) groups excluding carboxylic acids is 2. The molecular formula is C17H21N3O2. The fourth-order valence-electron chi connectivity index (χ4n) is 3.93. The third kappa shape index (κ3) is 2.29. The minimum Gasteiger partial charge on any atom is -0.338 e. The van der Waals surface area contributed by atoms with Crippen molar-refractivity contribution in [3.8, 4) is 0 Å². The standard InChI is InChI=1S/C17H21N3O2/c21-16-5-2-6-20(16)15-4-1-3-12(7-15)17(22)19-10-13-8-18-9-14(13)11-19/h1,3-4,7,13-14,18H,2,5-6,8-11H2/t13-,14+. The highest BCUT2D eigenvalue weighted by molar-refractivity contribution is 5.99. The second kappa shape index (κ2) is 5.39. The van der Waals surface area contributed by atoms with Crippen LogP contribution >= 0.6 is 0 Å². The van der Waals surface area contributed by atoms with Gasteiger partial charge in [0.1, 0.15) is 0 Å². The van der Waals surface area contributed by atoms with Crippen molar-refractivity contribution in [1.29, 1.82) is 0 Å². The van der Waals surface area contributed by atoms with Crippen molar-refractivity contribution in [2.45, 2.75) is 12.8 Å². The Labute approximate surface area is 130 Å². The Hall–Kier alpha value is -1.88. The van der Waals surface area contributed by atoms with Gasteiger partial charge in [0, 0.05) is 50.4 Å². The molecule has 1 N–H and O–H groups in total. The van der Waals surface area contributed by atoms with Crippen molar-refractivity contribution >= 4 is 17.5 Å². The Kier molecular flexibility index (Phi) is 3.37. The van der Waals surface area contributed by atoms with Gasteiger partial charge in [-0.2, -0.15) is 0 Å². The molecule has 1 aromatic rings. The van der Waals surface area contributed by atoms with E-state index in [1.54, 1.807) is 4.90 Å². The predicted octanol–water partition coefficient (Wildman–Crippen LogP) is 1.10. The number of amides is 2. The number of benzene rings is 1. The van der Waals surface area contributed by atoms with Crippen LogP contribution in [-0.2, 0) is 4.79 Å². The third-order valence-electron chi connectivity index (χ3n) is 5.15. The van der Waals surface area contributed by atoms with Crippen molar-refractivity contribution in [3.63, 3.8) is 0 Å². The summed E-state index contributed by atoms with van der Waals surface area (Å²) < 4.78 is 0. The van der Waals surface area contributed by atoms with Crippen LogP contribution in [0.25, 0.3) is 0 Å². The van der Waals surface area contributed by atoms with E-state index in [1.807, 2.05) is 29.2 Å². The zero-order chi connectivity index (χ0) is 15.1. The van der Waals surface area contributed by atoms with E-state index in [1.165, 1.54) is 0 Å². The number of anilines is 1. The molecule has 0 unspecified atom stereocenters. The Morgan fingerprint density at radius 2 is 1.95 bits per heavy atom. The fraction of sp³-hybridized carbons (Fsp3) is 0.529. The van der Waals surface area contributed by atoms with Crippen molar-refractivity contribution in [3.05, 3.63) is 29.8 Å². The maximum atomic E-state index is 12.7. The van der Waals surface area contributed by atoms with Gasteiger partial charge in [-0.1, -0.05) is 6.07 Å². The highest BCUT2D eigenvalue weighted by Crippen LogP contribution is 2.28. The van der Waals surface area contributed by atoms with Crippen LogP contribution in [0.2, 0.25) is 0 Å². The fourth-order valence-corrected chi connectivity index (χ4v) is 3.93. The Morgan fingerprint density at radius 3 is 2.64 bits per heavy atom. The molecular weight excluding hydrogens is 278 g/mol. The SMILES string of the molecule is O=C(c1cccc(N2CCCC2=O)c1)N1C[C@H]2CNC[C@H]2C1. The monoisotopic (exact) mass is 299 g/mol. The number of nitrogens with one attached hydrogen (secondary N) is 1. The van der Waals surface area contributed by atoms with Crippen LogP contribution in [0.15, 0.2) is 24.3 Å². The van der Waals surface area contributed by atoms with Gasteiger partial charge < -0.3 is 15.1 Å². The lowest BCUT2D eigenvalue weighted by atomic mass is 10.0. The van der Waals surface area contributed by atoms with E-state index in [0.29, 0.717) is 23.8 Å². The molecule has 1 aromatic carbocycles. The van der Waals surface area contributed by atoms with Crippen molar-refractivity contribution in [2.24, 2.45) is 11.8 Å². The number of carbonyl (C=O) groups is 2. The Morgan fingerprint density at radius 1 is 1.18 bits per heavy atom. The number of hydrogen-bond acceptors (Lipinski definition) is 3. The Balaban J connectivity index is 1.52. The molecule has 4 rings (SSSR count). The van der Waals surface area contributed by atoms with Crippen LogP contribution in [0.5, 0.6) is 0 Å². The van der Waals surface area contributed by atoms with Crippen LogP contribution in [0.4, 0.5) is 5.69 Å². The van der Waals surface area contributed by atoms with Gasteiger partial charge in [-0.05, 0) is 36.5 Å². The molecule has 0 saturated carbocycles. The lowest BCUT2D eigenvalue weighted by Gasteiger charge is -2.20. The van der Waals surface area contributed by atoms with E-state index in [0.717, 1.165) is 44.8 Å². The van der Waals surface area contributed by atoms with Gasteiger partial charge in [-0.25, -0.2) is 0 Å². The average Bonchev–Trinajstić information content (AvgIpc) is 3.21. The molecule has 0 bridgehead atoms. The van der Waals surface area contributed by atoms with Crippen LogP contribution in [0.3, 0.4) is 0 Å². The molecule has 0 spiro atoms. The minimum atomic E-state index is 0.0999. The van der Waals surface area contributed by atoms with Gasteiger partial charge in [-0.3, -0.25) is 9.59 Å². The first-order chi connectivity index (χ1) is 10.7. The summed E-state index contributed by atoms with van der Waals surface area (Å²) in [7, 11) is 0. The van der Waals surface area contributed by atoms with E-state index < -0.39 is 0 Å². The van der Waals surface area contributed by atoms with Crippen LogP contribution in [0.1, 0.15) is 23.2 Å². The zero-order valence-corrected chi connectivity index (χ0v) is 12.6. The Bertz CT molecular complexity index is 604. The maximum Gasteiger partial charge on any atom is 0.253 e. The smallest absolute Gasteiger partial charge is 0.253 e. The molecule has 3 aliphatic heterocycles. The second-order valence-electron chi connectivity index (χ2n) is 6.59. The normalized spacial score (nSPS) is 27.5. The van der Waals surface area contributed by atoms with Gasteiger partial charge in [0.15, 0.2) is 0 Å². The maximum absolute atomic E-state index is 12.7. The highest BCUT2D eigenvalue weighted by Gasteiger charge is 2.38. The van der Waals surface area contributed by atoms with Gasteiger partial charge in [0.25, 0.3) is 5.91 Å². The van der Waals surface area contributed by atoms with E-state index in [2.05, 4.69) is 5.32 Å². The van der Waals surface area contributed by atoms with Crippen molar-refractivity contribution in [2.75, 3.05) is 37.6 Å². The summed E-state index contributed by atoms with van der Waals surface area (Å²) in [4.78, 5) is 28.4. The van der Waals surface area contributed by atoms with E-state index in [4.69, 9.17) is 0 Å². The molecule has 116 valence electrons. The topological polar surface area (TPSA) is 52.7 Å². The molecule has 2 amide bonds. The number of fused-ring (bicyclic) bond motifs is 1. The number of nitrogens with zero attached hydrogens (tertiary/aromatic N) is 2. The number of hydrogen-bond donors (Lipinski definition) is 1. The first-order valence-electron chi connectivity index (χ1n) is 8.13. The average molecular weight is 299 g/mol. The quantitative estimate of drug-likeness (QED) is 0.890. The largest absolute Gasteiger partial charge is 0.338 e. The van der Waals surface area contributed by atoms with Crippen molar-refractivity contribution in [1.82, 2.24) is 10.2 Å². The number of likely N-dealkylation sites (tertiary alicyclic amines) is 1. The van der Waals surface area contributed by atoms with E-state index >= 15 is 0 Å². The summed E-state index contributed by atoms with van der Waals surface area (Å²) in [6.07, 6.45) is 1.51. The van der Waals surface area contributed by atoms with Crippen LogP contribution < -0.4 is 10.2 Å². The molecule has 2 atom stereocenters.